The molecule has 1 N–H and O–H groups in total. The SMILES string of the molecule is CNC1CCN(c2ccc3c(c2)OCCCO3)CC1C. The number of hydrogen-bond donors (Lipinski definition) is 1. The highest BCUT2D eigenvalue weighted by molar-refractivity contribution is 5.57. The molecule has 1 saturated heterocycles. The molecule has 1 aromatic carbocycles. The third-order valence-electron chi connectivity index (χ3n) is 4.37. The largest absolute Gasteiger partial charge is 0.490 e. The number of rotatable bonds is 2. The quantitative estimate of drug-likeness (QED) is 0.898. The summed E-state index contributed by atoms with van der Waals surface area (Å²) in [6, 6.07) is 6.96. The van der Waals surface area contributed by atoms with E-state index in [0.29, 0.717) is 12.0 Å². The van der Waals surface area contributed by atoms with Crippen LogP contribution in [0.3, 0.4) is 0 Å². The molecule has 3 rings (SSSR count). The number of hydrogen-bond acceptors (Lipinski definition) is 4. The average molecular weight is 276 g/mol. The van der Waals surface area contributed by atoms with Gasteiger partial charge in [0.15, 0.2) is 11.5 Å². The van der Waals surface area contributed by atoms with Crippen LogP contribution in [0.4, 0.5) is 5.69 Å². The van der Waals surface area contributed by atoms with Crippen molar-refractivity contribution in [2.75, 3.05) is 38.3 Å². The lowest BCUT2D eigenvalue weighted by Gasteiger charge is -2.38. The Labute approximate surface area is 121 Å². The lowest BCUT2D eigenvalue weighted by atomic mass is 9.93. The number of anilines is 1. The highest BCUT2D eigenvalue weighted by Crippen LogP contribution is 2.34. The van der Waals surface area contributed by atoms with Crippen LogP contribution < -0.4 is 19.7 Å². The summed E-state index contributed by atoms with van der Waals surface area (Å²) in [5.41, 5.74) is 1.25. The number of nitrogens with one attached hydrogen (secondary N) is 1. The Morgan fingerprint density at radius 3 is 2.75 bits per heavy atom. The van der Waals surface area contributed by atoms with E-state index in [0.717, 1.165) is 44.2 Å². The molecule has 4 nitrogen and oxygen atoms in total. The molecule has 0 spiro atoms. The Balaban J connectivity index is 1.76. The van der Waals surface area contributed by atoms with Gasteiger partial charge in [-0.25, -0.2) is 0 Å². The predicted octanol–water partition coefficient (Wildman–Crippen LogP) is 2.28. The first kappa shape index (κ1) is 13.6. The van der Waals surface area contributed by atoms with Crippen molar-refractivity contribution < 1.29 is 9.47 Å². The highest BCUT2D eigenvalue weighted by Gasteiger charge is 2.25. The summed E-state index contributed by atoms with van der Waals surface area (Å²) in [5.74, 6) is 2.43. The summed E-state index contributed by atoms with van der Waals surface area (Å²) in [5, 5.41) is 3.41. The third kappa shape index (κ3) is 2.70. The Morgan fingerprint density at radius 2 is 2.00 bits per heavy atom. The maximum Gasteiger partial charge on any atom is 0.163 e. The minimum atomic E-state index is 0.631. The topological polar surface area (TPSA) is 33.7 Å². The molecule has 1 aromatic rings. The van der Waals surface area contributed by atoms with Crippen LogP contribution in [0.5, 0.6) is 11.5 Å². The molecule has 0 bridgehead atoms. The van der Waals surface area contributed by atoms with E-state index in [4.69, 9.17) is 9.47 Å². The second kappa shape index (κ2) is 5.92. The minimum absolute atomic E-state index is 0.631. The predicted molar refractivity (Wildman–Crippen MR) is 80.9 cm³/mol. The van der Waals surface area contributed by atoms with Gasteiger partial charge in [0.05, 0.1) is 13.2 Å². The van der Waals surface area contributed by atoms with Gasteiger partial charge < -0.3 is 19.7 Å². The van der Waals surface area contributed by atoms with Crippen molar-refractivity contribution in [3.63, 3.8) is 0 Å². The Bertz CT molecular complexity index is 464. The smallest absolute Gasteiger partial charge is 0.163 e. The molecule has 0 aliphatic carbocycles. The van der Waals surface area contributed by atoms with Gasteiger partial charge in [-0.1, -0.05) is 6.92 Å². The summed E-state index contributed by atoms with van der Waals surface area (Å²) >= 11 is 0. The van der Waals surface area contributed by atoms with E-state index in [1.807, 2.05) is 6.07 Å². The van der Waals surface area contributed by atoms with Crippen molar-refractivity contribution in [3.05, 3.63) is 18.2 Å². The molecule has 0 saturated carbocycles. The molecular weight excluding hydrogens is 252 g/mol. The fourth-order valence-electron chi connectivity index (χ4n) is 3.16. The van der Waals surface area contributed by atoms with Gasteiger partial charge in [-0.05, 0) is 31.5 Å². The van der Waals surface area contributed by atoms with Crippen molar-refractivity contribution in [1.29, 1.82) is 0 Å². The molecule has 4 heteroatoms. The van der Waals surface area contributed by atoms with Crippen LogP contribution in [-0.2, 0) is 0 Å². The van der Waals surface area contributed by atoms with Crippen LogP contribution in [0.15, 0.2) is 18.2 Å². The van der Waals surface area contributed by atoms with Crippen molar-refractivity contribution >= 4 is 5.69 Å². The van der Waals surface area contributed by atoms with Crippen molar-refractivity contribution in [2.45, 2.75) is 25.8 Å². The van der Waals surface area contributed by atoms with E-state index in [9.17, 15) is 0 Å². The van der Waals surface area contributed by atoms with Crippen LogP contribution in [0.2, 0.25) is 0 Å². The van der Waals surface area contributed by atoms with Gasteiger partial charge in [0, 0.05) is 37.3 Å². The summed E-state index contributed by atoms with van der Waals surface area (Å²) in [6.45, 7) is 5.99. The number of ether oxygens (including phenoxy) is 2. The molecule has 0 amide bonds. The van der Waals surface area contributed by atoms with Gasteiger partial charge in [0.25, 0.3) is 0 Å². The number of nitrogens with zero attached hydrogens (tertiary/aromatic N) is 1. The van der Waals surface area contributed by atoms with Crippen LogP contribution in [0, 0.1) is 5.92 Å². The summed E-state index contributed by atoms with van der Waals surface area (Å²) < 4.78 is 11.5. The first-order chi connectivity index (χ1) is 9.78. The highest BCUT2D eigenvalue weighted by atomic mass is 16.5. The normalized spacial score (nSPS) is 26.2. The van der Waals surface area contributed by atoms with Crippen LogP contribution in [-0.4, -0.2) is 39.4 Å². The molecule has 110 valence electrons. The van der Waals surface area contributed by atoms with E-state index in [-0.39, 0.29) is 0 Å². The van der Waals surface area contributed by atoms with Crippen LogP contribution >= 0.6 is 0 Å². The summed E-state index contributed by atoms with van der Waals surface area (Å²) in [7, 11) is 2.06. The first-order valence-electron chi connectivity index (χ1n) is 7.60. The molecule has 2 atom stereocenters. The second-order valence-corrected chi connectivity index (χ2v) is 5.79. The van der Waals surface area contributed by atoms with Gasteiger partial charge in [0.1, 0.15) is 0 Å². The van der Waals surface area contributed by atoms with E-state index >= 15 is 0 Å². The molecule has 0 aromatic heterocycles. The maximum atomic E-state index is 5.79. The van der Waals surface area contributed by atoms with Crippen LogP contribution in [0.25, 0.3) is 0 Å². The molecule has 2 aliphatic heterocycles. The Kier molecular flexibility index (Phi) is 4.01. The molecule has 2 heterocycles. The van der Waals surface area contributed by atoms with E-state index in [1.165, 1.54) is 12.1 Å². The van der Waals surface area contributed by atoms with Gasteiger partial charge in [-0.2, -0.15) is 0 Å². The van der Waals surface area contributed by atoms with Crippen molar-refractivity contribution in [3.8, 4) is 11.5 Å². The number of fused-ring (bicyclic) bond motifs is 1. The average Bonchev–Trinajstić information content (AvgIpc) is 2.71. The van der Waals surface area contributed by atoms with E-state index in [2.05, 4.69) is 36.3 Å². The molecular formula is C16H24N2O2. The lowest BCUT2D eigenvalue weighted by Crippen LogP contribution is -2.47. The Hall–Kier alpha value is -1.42. The van der Waals surface area contributed by atoms with E-state index in [1.54, 1.807) is 0 Å². The third-order valence-corrected chi connectivity index (χ3v) is 4.37. The van der Waals surface area contributed by atoms with Gasteiger partial charge in [-0.3, -0.25) is 0 Å². The summed E-state index contributed by atoms with van der Waals surface area (Å²) in [6.07, 6.45) is 2.14. The Morgan fingerprint density at radius 1 is 1.20 bits per heavy atom. The lowest BCUT2D eigenvalue weighted by molar-refractivity contribution is 0.297. The fourth-order valence-corrected chi connectivity index (χ4v) is 3.16. The molecule has 2 aliphatic rings. The van der Waals surface area contributed by atoms with Crippen LogP contribution in [0.1, 0.15) is 19.8 Å². The zero-order valence-electron chi connectivity index (χ0n) is 12.4. The van der Waals surface area contributed by atoms with Gasteiger partial charge in [0.2, 0.25) is 0 Å². The first-order valence-corrected chi connectivity index (χ1v) is 7.60. The zero-order valence-corrected chi connectivity index (χ0v) is 12.4. The summed E-state index contributed by atoms with van der Waals surface area (Å²) in [4.78, 5) is 2.45. The molecule has 2 unspecified atom stereocenters. The van der Waals surface area contributed by atoms with Gasteiger partial charge in [-0.15, -0.1) is 0 Å². The maximum absolute atomic E-state index is 5.79. The fraction of sp³-hybridized carbons (Fsp3) is 0.625. The minimum Gasteiger partial charge on any atom is -0.490 e. The molecule has 20 heavy (non-hydrogen) atoms. The monoisotopic (exact) mass is 276 g/mol. The number of piperidine rings is 1. The van der Waals surface area contributed by atoms with Gasteiger partial charge >= 0.3 is 0 Å². The molecule has 1 fully saturated rings. The van der Waals surface area contributed by atoms with E-state index < -0.39 is 0 Å². The van der Waals surface area contributed by atoms with Crippen molar-refractivity contribution in [1.82, 2.24) is 5.32 Å². The zero-order chi connectivity index (χ0) is 13.9. The standard InChI is InChI=1S/C16H24N2O2/c1-12-11-18(7-6-14(12)17-2)13-4-5-15-16(10-13)20-9-3-8-19-15/h4-5,10,12,14,17H,3,6-9,11H2,1-2H3. The van der Waals surface area contributed by atoms with Crippen molar-refractivity contribution in [2.24, 2.45) is 5.92 Å². The number of benzene rings is 1. The molecule has 0 radical (unpaired) electrons. The second-order valence-electron chi connectivity index (χ2n) is 5.79.